The average molecular weight is 347 g/mol. The standard InChI is InChI=1S/C21H25N5/c22-19-20(25-16-10-3-1-2-4-11-16)23-14-24-21(19)26-18-13-7-9-15-8-5-6-12-17(15)18/h5-9,12-14,16H,1-4,10-11,22H2,(H2,23,24,25,26). The predicted octanol–water partition coefficient (Wildman–Crippen LogP) is 5.09. The number of rotatable bonds is 4. The van der Waals surface area contributed by atoms with Crippen molar-refractivity contribution in [3.8, 4) is 0 Å². The van der Waals surface area contributed by atoms with E-state index in [1.807, 2.05) is 24.3 Å². The van der Waals surface area contributed by atoms with E-state index in [0.29, 0.717) is 17.5 Å². The Morgan fingerprint density at radius 3 is 2.42 bits per heavy atom. The molecule has 1 saturated carbocycles. The van der Waals surface area contributed by atoms with Gasteiger partial charge in [-0.3, -0.25) is 0 Å². The first-order chi connectivity index (χ1) is 12.8. The van der Waals surface area contributed by atoms with Gasteiger partial charge in [-0.25, -0.2) is 9.97 Å². The lowest BCUT2D eigenvalue weighted by Crippen LogP contribution is -2.20. The second-order valence-electron chi connectivity index (χ2n) is 6.97. The molecule has 134 valence electrons. The van der Waals surface area contributed by atoms with E-state index in [1.165, 1.54) is 43.9 Å². The smallest absolute Gasteiger partial charge is 0.159 e. The number of benzene rings is 2. The minimum Gasteiger partial charge on any atom is -0.393 e. The van der Waals surface area contributed by atoms with Gasteiger partial charge >= 0.3 is 0 Å². The quantitative estimate of drug-likeness (QED) is 0.573. The third-order valence-corrected chi connectivity index (χ3v) is 5.12. The van der Waals surface area contributed by atoms with Gasteiger partial charge < -0.3 is 16.4 Å². The van der Waals surface area contributed by atoms with Crippen LogP contribution in [0.25, 0.3) is 10.8 Å². The summed E-state index contributed by atoms with van der Waals surface area (Å²) < 4.78 is 0. The molecule has 0 saturated heterocycles. The number of hydrogen-bond acceptors (Lipinski definition) is 5. The van der Waals surface area contributed by atoms with Gasteiger partial charge in [-0.2, -0.15) is 0 Å². The highest BCUT2D eigenvalue weighted by Crippen LogP contribution is 2.31. The summed E-state index contributed by atoms with van der Waals surface area (Å²) in [5.74, 6) is 1.38. The van der Waals surface area contributed by atoms with Crippen molar-refractivity contribution in [3.63, 3.8) is 0 Å². The van der Waals surface area contributed by atoms with E-state index in [1.54, 1.807) is 6.33 Å². The summed E-state index contributed by atoms with van der Waals surface area (Å²) in [6.07, 6.45) is 9.11. The Labute approximate surface area is 154 Å². The van der Waals surface area contributed by atoms with Crippen LogP contribution >= 0.6 is 0 Å². The van der Waals surface area contributed by atoms with Gasteiger partial charge in [0.15, 0.2) is 11.6 Å². The summed E-state index contributed by atoms with van der Waals surface area (Å²) in [7, 11) is 0. The van der Waals surface area contributed by atoms with E-state index in [2.05, 4.69) is 38.8 Å². The van der Waals surface area contributed by atoms with Crippen molar-refractivity contribution in [2.24, 2.45) is 0 Å². The Kier molecular flexibility index (Phi) is 4.86. The molecule has 0 unspecified atom stereocenters. The van der Waals surface area contributed by atoms with Gasteiger partial charge in [0.05, 0.1) is 0 Å². The van der Waals surface area contributed by atoms with Gasteiger partial charge in [-0.15, -0.1) is 0 Å². The van der Waals surface area contributed by atoms with Crippen molar-refractivity contribution in [1.82, 2.24) is 9.97 Å². The first kappa shape index (κ1) is 16.6. The van der Waals surface area contributed by atoms with E-state index in [4.69, 9.17) is 5.73 Å². The van der Waals surface area contributed by atoms with Crippen LogP contribution in [0.5, 0.6) is 0 Å². The van der Waals surface area contributed by atoms with Crippen molar-refractivity contribution in [2.45, 2.75) is 44.6 Å². The molecule has 0 spiro atoms. The highest BCUT2D eigenvalue weighted by atomic mass is 15.1. The zero-order valence-corrected chi connectivity index (χ0v) is 14.9. The molecule has 1 aromatic heterocycles. The van der Waals surface area contributed by atoms with Crippen LogP contribution in [0.1, 0.15) is 38.5 Å². The molecule has 5 heteroatoms. The van der Waals surface area contributed by atoms with Gasteiger partial charge in [-0.1, -0.05) is 62.1 Å². The summed E-state index contributed by atoms with van der Waals surface area (Å²) in [4.78, 5) is 8.75. The average Bonchev–Trinajstić information content (AvgIpc) is 2.94. The Morgan fingerprint density at radius 2 is 1.58 bits per heavy atom. The molecule has 0 amide bonds. The highest BCUT2D eigenvalue weighted by molar-refractivity contribution is 5.96. The molecule has 1 aliphatic carbocycles. The molecule has 1 heterocycles. The zero-order chi connectivity index (χ0) is 17.8. The van der Waals surface area contributed by atoms with Gasteiger partial charge in [0.25, 0.3) is 0 Å². The lowest BCUT2D eigenvalue weighted by molar-refractivity contribution is 0.618. The lowest BCUT2D eigenvalue weighted by atomic mass is 10.1. The zero-order valence-electron chi connectivity index (χ0n) is 14.9. The second-order valence-corrected chi connectivity index (χ2v) is 6.97. The summed E-state index contributed by atoms with van der Waals surface area (Å²) >= 11 is 0. The minimum atomic E-state index is 0.445. The maximum atomic E-state index is 6.38. The largest absolute Gasteiger partial charge is 0.393 e. The number of hydrogen-bond donors (Lipinski definition) is 3. The van der Waals surface area contributed by atoms with Crippen LogP contribution in [-0.4, -0.2) is 16.0 Å². The van der Waals surface area contributed by atoms with Gasteiger partial charge in [0.2, 0.25) is 0 Å². The monoisotopic (exact) mass is 347 g/mol. The first-order valence-electron chi connectivity index (χ1n) is 9.43. The minimum absolute atomic E-state index is 0.445. The van der Waals surface area contributed by atoms with E-state index in [9.17, 15) is 0 Å². The topological polar surface area (TPSA) is 75.9 Å². The number of nitrogens with one attached hydrogen (secondary N) is 2. The van der Waals surface area contributed by atoms with E-state index in [-0.39, 0.29) is 0 Å². The van der Waals surface area contributed by atoms with Crippen molar-refractivity contribution < 1.29 is 0 Å². The number of anilines is 4. The fraction of sp³-hybridized carbons (Fsp3) is 0.333. The van der Waals surface area contributed by atoms with E-state index < -0.39 is 0 Å². The van der Waals surface area contributed by atoms with E-state index >= 15 is 0 Å². The number of aromatic nitrogens is 2. The van der Waals surface area contributed by atoms with Crippen molar-refractivity contribution in [3.05, 3.63) is 48.8 Å². The highest BCUT2D eigenvalue weighted by Gasteiger charge is 2.16. The Bertz CT molecular complexity index is 879. The maximum absolute atomic E-state index is 6.38. The molecular weight excluding hydrogens is 322 g/mol. The van der Waals surface area contributed by atoms with Crippen LogP contribution in [0.3, 0.4) is 0 Å². The van der Waals surface area contributed by atoms with Gasteiger partial charge in [0.1, 0.15) is 12.0 Å². The fourth-order valence-corrected chi connectivity index (χ4v) is 3.69. The maximum Gasteiger partial charge on any atom is 0.159 e. The summed E-state index contributed by atoms with van der Waals surface area (Å²) in [6.45, 7) is 0. The molecule has 0 atom stereocenters. The molecule has 26 heavy (non-hydrogen) atoms. The Balaban J connectivity index is 1.59. The Morgan fingerprint density at radius 1 is 0.846 bits per heavy atom. The molecule has 0 bridgehead atoms. The molecule has 1 fully saturated rings. The summed E-state index contributed by atoms with van der Waals surface area (Å²) in [5, 5.41) is 9.25. The second kappa shape index (κ2) is 7.60. The van der Waals surface area contributed by atoms with Crippen LogP contribution in [0, 0.1) is 0 Å². The third kappa shape index (κ3) is 3.57. The molecule has 4 N–H and O–H groups in total. The van der Waals surface area contributed by atoms with Crippen molar-refractivity contribution in [1.29, 1.82) is 0 Å². The van der Waals surface area contributed by atoms with Crippen molar-refractivity contribution >= 4 is 33.8 Å². The van der Waals surface area contributed by atoms with Crippen LogP contribution < -0.4 is 16.4 Å². The summed E-state index contributed by atoms with van der Waals surface area (Å²) in [6, 6.07) is 14.9. The SMILES string of the molecule is Nc1c(Nc2cccc3ccccc23)ncnc1NC1CCCCCC1. The number of nitrogens with two attached hydrogens (primary N) is 1. The number of fused-ring (bicyclic) bond motifs is 1. The molecule has 4 rings (SSSR count). The van der Waals surface area contributed by atoms with Crippen LogP contribution in [0.15, 0.2) is 48.8 Å². The van der Waals surface area contributed by atoms with E-state index in [0.717, 1.165) is 16.9 Å². The fourth-order valence-electron chi connectivity index (χ4n) is 3.69. The van der Waals surface area contributed by atoms with Gasteiger partial charge in [-0.05, 0) is 24.3 Å². The van der Waals surface area contributed by atoms with Crippen molar-refractivity contribution in [2.75, 3.05) is 16.4 Å². The number of nitrogens with zero attached hydrogens (tertiary/aromatic N) is 2. The Hall–Kier alpha value is -2.82. The molecule has 5 nitrogen and oxygen atoms in total. The summed E-state index contributed by atoms with van der Waals surface area (Å²) in [5.41, 5.74) is 7.95. The molecular formula is C21H25N5. The number of nitrogen functional groups attached to an aromatic ring is 1. The molecule has 0 aliphatic heterocycles. The molecule has 3 aromatic rings. The molecule has 0 radical (unpaired) electrons. The first-order valence-corrected chi connectivity index (χ1v) is 9.43. The predicted molar refractivity (Wildman–Crippen MR) is 109 cm³/mol. The molecule has 2 aromatic carbocycles. The lowest BCUT2D eigenvalue weighted by Gasteiger charge is -2.19. The van der Waals surface area contributed by atoms with Crippen LogP contribution in [0.2, 0.25) is 0 Å². The molecule has 1 aliphatic rings. The normalized spacial score (nSPS) is 15.5. The van der Waals surface area contributed by atoms with Crippen LogP contribution in [-0.2, 0) is 0 Å². The van der Waals surface area contributed by atoms with Gasteiger partial charge in [0, 0.05) is 17.1 Å². The van der Waals surface area contributed by atoms with Crippen LogP contribution in [0.4, 0.5) is 23.0 Å². The third-order valence-electron chi connectivity index (χ3n) is 5.12.